The molecule has 0 aliphatic heterocycles. The summed E-state index contributed by atoms with van der Waals surface area (Å²) in [6.07, 6.45) is 8.64. The lowest BCUT2D eigenvalue weighted by Crippen LogP contribution is -2.29. The molecule has 0 radical (unpaired) electrons. The molecule has 0 heterocycles. The predicted molar refractivity (Wildman–Crippen MR) is 103 cm³/mol. The molecule has 0 amide bonds. The third-order valence-corrected chi connectivity index (χ3v) is 4.44. The molecule has 0 atom stereocenters. The van der Waals surface area contributed by atoms with E-state index in [2.05, 4.69) is 6.58 Å². The molecule has 2 rings (SSSR count). The molecule has 0 spiro atoms. The van der Waals surface area contributed by atoms with Crippen molar-refractivity contribution in [3.05, 3.63) is 60.9 Å². The molecule has 146 valence electrons. The number of phenolic OH excluding ortho intramolecular Hbond substituents is 1. The zero-order valence-corrected chi connectivity index (χ0v) is 15.5. The molecular weight excluding hydrogens is 358 g/mol. The summed E-state index contributed by atoms with van der Waals surface area (Å²) in [5.74, 6) is -0.404. The molecule has 0 saturated heterocycles. The fourth-order valence-electron chi connectivity index (χ4n) is 2.95. The van der Waals surface area contributed by atoms with Gasteiger partial charge in [0.25, 0.3) is 0 Å². The van der Waals surface area contributed by atoms with E-state index in [-0.39, 0.29) is 35.9 Å². The summed E-state index contributed by atoms with van der Waals surface area (Å²) in [7, 11) is 0. The average Bonchev–Trinajstić information content (AvgIpc) is 2.70. The first-order valence-corrected chi connectivity index (χ1v) is 9.12. The topological polar surface area (TPSA) is 96.6 Å². The minimum atomic E-state index is -0.347. The zero-order chi connectivity index (χ0) is 20.4. The average molecular weight is 381 g/mol. The molecule has 0 aromatic heterocycles. The Hall–Kier alpha value is -3.33. The number of benzene rings is 1. The quantitative estimate of drug-likeness (QED) is 0.329. The van der Waals surface area contributed by atoms with Gasteiger partial charge < -0.3 is 14.6 Å². The second-order valence-corrected chi connectivity index (χ2v) is 6.45. The minimum Gasteiger partial charge on any atom is -0.508 e. The van der Waals surface area contributed by atoms with Gasteiger partial charge in [0.05, 0.1) is 24.3 Å². The van der Waals surface area contributed by atoms with Gasteiger partial charge in [0.1, 0.15) is 17.3 Å². The molecule has 1 N–H and O–H groups in total. The van der Waals surface area contributed by atoms with E-state index in [9.17, 15) is 14.7 Å². The van der Waals surface area contributed by atoms with Gasteiger partial charge in [0, 0.05) is 0 Å². The van der Waals surface area contributed by atoms with E-state index in [1.54, 1.807) is 18.2 Å². The van der Waals surface area contributed by atoms with Gasteiger partial charge in [-0.15, -0.1) is 0 Å². The molecule has 1 aromatic rings. The van der Waals surface area contributed by atoms with Crippen molar-refractivity contribution in [2.45, 2.75) is 32.1 Å². The normalized spacial score (nSPS) is 19.6. The minimum absolute atomic E-state index is 0.103. The number of nitrogens with zero attached hydrogens (tertiary/aromatic N) is 1. The summed E-state index contributed by atoms with van der Waals surface area (Å²) >= 11 is 0. The van der Waals surface area contributed by atoms with Crippen molar-refractivity contribution in [2.75, 3.05) is 0 Å². The molecule has 1 fully saturated rings. The van der Waals surface area contributed by atoms with Crippen molar-refractivity contribution >= 4 is 11.9 Å². The first-order chi connectivity index (χ1) is 13.5. The summed E-state index contributed by atoms with van der Waals surface area (Å²) in [5, 5.41) is 17.8. The maximum Gasteiger partial charge on any atom is 0.314 e. The van der Waals surface area contributed by atoms with E-state index >= 15 is 0 Å². The summed E-state index contributed by atoms with van der Waals surface area (Å²) in [4.78, 5) is 24.7. The molecule has 0 bridgehead atoms. The fourth-order valence-corrected chi connectivity index (χ4v) is 2.95. The highest BCUT2D eigenvalue weighted by molar-refractivity contribution is 5.77. The number of carbonyl (C=O) groups excluding carboxylic acids is 2. The van der Waals surface area contributed by atoms with Crippen LogP contribution < -0.4 is 4.74 Å². The van der Waals surface area contributed by atoms with Crippen LogP contribution in [-0.2, 0) is 14.3 Å². The second-order valence-electron chi connectivity index (χ2n) is 6.45. The number of carbonyl (C=O) groups is 2. The maximum atomic E-state index is 12.4. The number of allylic oxidation sites excluding steroid dienone is 4. The molecular formula is C22H23NO5. The molecule has 1 saturated carbocycles. The van der Waals surface area contributed by atoms with E-state index in [0.29, 0.717) is 37.2 Å². The van der Waals surface area contributed by atoms with Crippen LogP contribution in [0.25, 0.3) is 0 Å². The Morgan fingerprint density at radius 2 is 1.75 bits per heavy atom. The Morgan fingerprint density at radius 1 is 1.14 bits per heavy atom. The first-order valence-electron chi connectivity index (χ1n) is 9.12. The Kier molecular flexibility index (Phi) is 8.04. The van der Waals surface area contributed by atoms with E-state index < -0.39 is 0 Å². The molecule has 6 nitrogen and oxygen atoms in total. The van der Waals surface area contributed by atoms with Gasteiger partial charge in [-0.3, -0.25) is 9.59 Å². The van der Waals surface area contributed by atoms with Crippen LogP contribution in [0.15, 0.2) is 60.9 Å². The lowest BCUT2D eigenvalue weighted by Gasteiger charge is -2.25. The van der Waals surface area contributed by atoms with Crippen LogP contribution in [0.2, 0.25) is 0 Å². The van der Waals surface area contributed by atoms with Crippen LogP contribution in [0, 0.1) is 23.2 Å². The number of hydrogen-bond donors (Lipinski definition) is 1. The van der Waals surface area contributed by atoms with Crippen molar-refractivity contribution in [3.63, 3.8) is 0 Å². The standard InChI is InChI=1S/C22H23NO5/c1-2-5-19(6-3-4-15-23)27-21(25)16-7-9-17(10-8-16)22(26)28-20-13-11-18(24)12-14-20/h2-3,5-6,11-14,16-17,24H,1,4,7-10H2/b6-3-,19-5+. The Morgan fingerprint density at radius 3 is 2.32 bits per heavy atom. The molecule has 28 heavy (non-hydrogen) atoms. The van der Waals surface area contributed by atoms with Gasteiger partial charge in [-0.1, -0.05) is 18.7 Å². The molecule has 0 unspecified atom stereocenters. The highest BCUT2D eigenvalue weighted by atomic mass is 16.5. The lowest BCUT2D eigenvalue weighted by atomic mass is 9.82. The van der Waals surface area contributed by atoms with Gasteiger partial charge in [0.2, 0.25) is 0 Å². The fraction of sp³-hybridized carbons (Fsp3) is 0.318. The Balaban J connectivity index is 1.84. The number of aromatic hydroxyl groups is 1. The number of rotatable bonds is 7. The van der Waals surface area contributed by atoms with Crippen LogP contribution in [0.5, 0.6) is 11.5 Å². The first kappa shape index (κ1) is 21.0. The van der Waals surface area contributed by atoms with E-state index in [1.807, 2.05) is 6.07 Å². The highest BCUT2D eigenvalue weighted by Crippen LogP contribution is 2.31. The lowest BCUT2D eigenvalue weighted by molar-refractivity contribution is -0.148. The number of phenols is 1. The molecule has 1 aromatic carbocycles. The van der Waals surface area contributed by atoms with Gasteiger partial charge >= 0.3 is 11.9 Å². The third-order valence-electron chi connectivity index (χ3n) is 4.44. The van der Waals surface area contributed by atoms with Crippen LogP contribution >= 0.6 is 0 Å². The number of nitriles is 1. The summed E-state index contributed by atoms with van der Waals surface area (Å²) in [6, 6.07) is 7.95. The monoisotopic (exact) mass is 381 g/mol. The van der Waals surface area contributed by atoms with E-state index in [4.69, 9.17) is 14.7 Å². The van der Waals surface area contributed by atoms with Gasteiger partial charge in [-0.05, 0) is 62.1 Å². The van der Waals surface area contributed by atoms with Gasteiger partial charge in [-0.25, -0.2) is 0 Å². The Labute approximate surface area is 164 Å². The van der Waals surface area contributed by atoms with Crippen molar-refractivity contribution in [2.24, 2.45) is 11.8 Å². The second kappa shape index (κ2) is 10.7. The van der Waals surface area contributed by atoms with E-state index in [0.717, 1.165) is 0 Å². The third kappa shape index (κ3) is 6.44. The maximum absolute atomic E-state index is 12.4. The number of hydrogen-bond acceptors (Lipinski definition) is 6. The van der Waals surface area contributed by atoms with Crippen molar-refractivity contribution in [1.82, 2.24) is 0 Å². The Bertz CT molecular complexity index is 793. The summed E-state index contributed by atoms with van der Waals surface area (Å²) in [6.45, 7) is 3.59. The van der Waals surface area contributed by atoms with Crippen LogP contribution in [0.3, 0.4) is 0 Å². The van der Waals surface area contributed by atoms with Crippen molar-refractivity contribution in [1.29, 1.82) is 5.26 Å². The van der Waals surface area contributed by atoms with Crippen molar-refractivity contribution < 1.29 is 24.2 Å². The van der Waals surface area contributed by atoms with Crippen LogP contribution in [-0.4, -0.2) is 17.0 Å². The predicted octanol–water partition coefficient (Wildman–Crippen LogP) is 4.19. The summed E-state index contributed by atoms with van der Waals surface area (Å²) < 4.78 is 10.7. The SMILES string of the molecule is C=C/C=C(\C=C/CC#N)OC(=O)C1CCC(C(=O)Oc2ccc(O)cc2)CC1. The van der Waals surface area contributed by atoms with Crippen molar-refractivity contribution in [3.8, 4) is 17.6 Å². The highest BCUT2D eigenvalue weighted by Gasteiger charge is 2.32. The largest absolute Gasteiger partial charge is 0.508 e. The molecule has 6 heteroatoms. The van der Waals surface area contributed by atoms with Gasteiger partial charge in [-0.2, -0.15) is 5.26 Å². The number of ether oxygens (including phenoxy) is 2. The number of esters is 2. The molecule has 1 aliphatic rings. The van der Waals surface area contributed by atoms with Crippen LogP contribution in [0.1, 0.15) is 32.1 Å². The molecule has 1 aliphatic carbocycles. The smallest absolute Gasteiger partial charge is 0.314 e. The summed E-state index contributed by atoms with van der Waals surface area (Å²) in [5.41, 5.74) is 0. The van der Waals surface area contributed by atoms with Crippen LogP contribution in [0.4, 0.5) is 0 Å². The van der Waals surface area contributed by atoms with E-state index in [1.165, 1.54) is 30.3 Å². The van der Waals surface area contributed by atoms with Gasteiger partial charge in [0.15, 0.2) is 0 Å². The zero-order valence-electron chi connectivity index (χ0n) is 15.5.